The fourth-order valence-electron chi connectivity index (χ4n) is 8.61. The van der Waals surface area contributed by atoms with Gasteiger partial charge in [-0.25, -0.2) is 46.7 Å². The summed E-state index contributed by atoms with van der Waals surface area (Å²) in [6.07, 6.45) is 8.67. The third-order valence-corrected chi connectivity index (χ3v) is 16.1. The molecule has 6 heterocycles. The first-order chi connectivity index (χ1) is 40.8. The van der Waals surface area contributed by atoms with Gasteiger partial charge in [-0.1, -0.05) is 54.6 Å². The Morgan fingerprint density at radius 2 is 0.857 bits per heavy atom. The first-order valence-electron chi connectivity index (χ1n) is 27.9. The monoisotopic (exact) mass is 1230 g/mol. The molecule has 7 N–H and O–H groups in total. The number of hydrogen-bond donors (Lipinski definition) is 6. The van der Waals surface area contributed by atoms with Crippen LogP contribution in [0.25, 0.3) is 0 Å². The van der Waals surface area contributed by atoms with E-state index in [0.29, 0.717) is 29.3 Å². The van der Waals surface area contributed by atoms with Crippen molar-refractivity contribution >= 4 is 77.8 Å². The molecule has 10 rings (SSSR count). The molecule has 84 heavy (non-hydrogen) atoms. The Kier molecular flexibility index (Phi) is 27.3. The van der Waals surface area contributed by atoms with Crippen LogP contribution >= 0.6 is 23.2 Å². The number of aromatic nitrogens is 6. The number of halogens is 2. The van der Waals surface area contributed by atoms with Crippen molar-refractivity contribution in [2.24, 2.45) is 0 Å². The van der Waals surface area contributed by atoms with E-state index in [2.05, 4.69) is 70.0 Å². The van der Waals surface area contributed by atoms with Crippen molar-refractivity contribution < 1.29 is 31.0 Å². The highest BCUT2D eigenvalue weighted by Gasteiger charge is 2.17. The largest absolute Gasteiger partial charge is 0.399 e. The van der Waals surface area contributed by atoms with Crippen LogP contribution in [0.1, 0.15) is 30.7 Å². The van der Waals surface area contributed by atoms with E-state index in [-0.39, 0.29) is 20.4 Å². The van der Waals surface area contributed by atoms with Crippen molar-refractivity contribution in [2.75, 3.05) is 149 Å². The van der Waals surface area contributed by atoms with Crippen molar-refractivity contribution in [3.63, 3.8) is 0 Å². The molecule has 0 spiro atoms. The molecule has 0 amide bonds. The molecule has 0 atom stereocenters. The van der Waals surface area contributed by atoms with Gasteiger partial charge < -0.3 is 35.9 Å². The predicted molar refractivity (Wildman–Crippen MR) is 332 cm³/mol. The van der Waals surface area contributed by atoms with Crippen LogP contribution in [0.3, 0.4) is 0 Å². The zero-order chi connectivity index (χ0) is 59.1. The van der Waals surface area contributed by atoms with Gasteiger partial charge in [0.05, 0.1) is 49.4 Å². The first-order valence-corrected chi connectivity index (χ1v) is 31.6. The molecule has 3 aliphatic heterocycles. The Bertz CT molecular complexity index is 3180. The van der Waals surface area contributed by atoms with E-state index in [1.54, 1.807) is 97.5 Å². The number of ether oxygens (including phenoxy) is 3. The molecule has 4 aromatic carbocycles. The van der Waals surface area contributed by atoms with Crippen LogP contribution in [0.5, 0.6) is 0 Å². The lowest BCUT2D eigenvalue weighted by atomic mass is 10.1. The van der Waals surface area contributed by atoms with Gasteiger partial charge >= 0.3 is 0 Å². The van der Waals surface area contributed by atoms with Gasteiger partial charge in [-0.15, -0.1) is 0 Å². The smallest absolute Gasteiger partial charge is 0.261 e. The second-order valence-corrected chi connectivity index (χ2v) is 23.4. The molecule has 0 aliphatic carbocycles. The van der Waals surface area contributed by atoms with Crippen LogP contribution in [0.2, 0.25) is 10.6 Å². The Morgan fingerprint density at radius 1 is 0.464 bits per heavy atom. The highest BCUT2D eigenvalue weighted by molar-refractivity contribution is 7.93. The van der Waals surface area contributed by atoms with Gasteiger partial charge in [0, 0.05) is 101 Å². The maximum absolute atomic E-state index is 12.8. The van der Waals surface area contributed by atoms with Crippen LogP contribution in [0, 0.1) is 0 Å². The van der Waals surface area contributed by atoms with Crippen molar-refractivity contribution in [3.8, 4) is 0 Å². The van der Waals surface area contributed by atoms with Crippen molar-refractivity contribution in [1.29, 1.82) is 0 Å². The number of para-hydroxylation sites is 2. The summed E-state index contributed by atoms with van der Waals surface area (Å²) in [6.45, 7) is 17.0. The van der Waals surface area contributed by atoms with Gasteiger partial charge in [0.1, 0.15) is 23.3 Å². The number of anilines is 6. The Balaban J connectivity index is 0.000000170. The lowest BCUT2D eigenvalue weighted by molar-refractivity contribution is 0.0378. The molecule has 0 radical (unpaired) electrons. The fraction of sp³-hybridized carbons (Fsp3) is 0.379. The first kappa shape index (κ1) is 64.7. The van der Waals surface area contributed by atoms with Gasteiger partial charge in [-0.2, -0.15) is 0 Å². The van der Waals surface area contributed by atoms with Crippen LogP contribution in [0.15, 0.2) is 156 Å². The molecule has 3 saturated heterocycles. The zero-order valence-electron chi connectivity index (χ0n) is 46.9. The number of nitrogen functional groups attached to an aromatic ring is 1. The summed E-state index contributed by atoms with van der Waals surface area (Å²) >= 11 is 11.4. The topological polar surface area (TPSA) is 269 Å². The fourth-order valence-corrected chi connectivity index (χ4v) is 11.1. The lowest BCUT2D eigenvalue weighted by Gasteiger charge is -2.26. The Labute approximate surface area is 503 Å². The van der Waals surface area contributed by atoms with Gasteiger partial charge in [0.15, 0.2) is 0 Å². The molecule has 0 unspecified atom stereocenters. The minimum absolute atomic E-state index is 0.154. The highest BCUT2D eigenvalue weighted by Crippen LogP contribution is 2.20. The maximum atomic E-state index is 12.8. The molecule has 22 nitrogen and oxygen atoms in total. The summed E-state index contributed by atoms with van der Waals surface area (Å²) in [5, 5.41) is 10.4. The van der Waals surface area contributed by atoms with Crippen LogP contribution < -0.4 is 31.1 Å². The van der Waals surface area contributed by atoms with Crippen molar-refractivity contribution in [2.45, 2.75) is 35.5 Å². The highest BCUT2D eigenvalue weighted by atomic mass is 35.5. The summed E-state index contributed by atoms with van der Waals surface area (Å²) in [6, 6.07) is 36.1. The van der Waals surface area contributed by atoms with E-state index < -0.39 is 20.0 Å². The third-order valence-electron chi connectivity index (χ3n) is 12.9. The molecule has 0 saturated carbocycles. The molecule has 0 bridgehead atoms. The van der Waals surface area contributed by atoms with Crippen LogP contribution in [-0.2, 0) is 40.7 Å². The standard InChI is InChI=1S/C24H29N5O3S.C12H12N2O2S.2C11H17ClN4O/c30-33(31,28-21-7-2-1-3-8-21)22-9-4-6-20(18-22)19-24-26-12-10-23(27-24)25-11-5-13-29-14-16-32-17-15-29;13-10-5-4-8-12(9-10)17(15,16)14-11-6-2-1-3-7-11;2*12-11-14-4-2-10(15-11)13-3-1-5-16-6-8-17-9-7-16/h1-4,6-10,12,18,28H,5,11,13-17,19H2,(H,25,26,27);1-9,14H,13H2;2*2,4H,1,3,5-9H2,(H,13,14,15). The minimum Gasteiger partial charge on any atom is -0.399 e. The quantitative estimate of drug-likeness (QED) is 0.0204. The average molecular weight is 1230 g/mol. The summed E-state index contributed by atoms with van der Waals surface area (Å²) in [5.41, 5.74) is 7.85. The second-order valence-electron chi connectivity index (χ2n) is 19.3. The second kappa shape index (κ2) is 35.5. The molecule has 450 valence electrons. The normalized spacial score (nSPS) is 14.9. The van der Waals surface area contributed by atoms with Crippen molar-refractivity contribution in [3.05, 3.63) is 168 Å². The molecule has 7 aromatic rings. The average Bonchev–Trinajstić information content (AvgIpc) is 3.70. The lowest BCUT2D eigenvalue weighted by Crippen LogP contribution is -2.37. The van der Waals surface area contributed by atoms with E-state index in [4.69, 9.17) is 43.1 Å². The Hall–Kier alpha value is -6.84. The summed E-state index contributed by atoms with van der Waals surface area (Å²) in [4.78, 5) is 32.4. The number of nitrogens with one attached hydrogen (secondary N) is 5. The number of morpholine rings is 3. The third kappa shape index (κ3) is 24.4. The molecular formula is C58H75Cl2N15O7S2. The van der Waals surface area contributed by atoms with Crippen LogP contribution in [0.4, 0.5) is 34.5 Å². The molecule has 3 aliphatic rings. The van der Waals surface area contributed by atoms with Gasteiger partial charge in [0.2, 0.25) is 10.6 Å². The number of rotatable bonds is 23. The number of nitrogens with zero attached hydrogens (tertiary/aromatic N) is 9. The minimum atomic E-state index is -3.68. The molecule has 3 aromatic heterocycles. The molecular weight excluding hydrogens is 1150 g/mol. The van der Waals surface area contributed by atoms with Gasteiger partial charge in [-0.3, -0.25) is 24.1 Å². The zero-order valence-corrected chi connectivity index (χ0v) is 50.1. The molecule has 26 heteroatoms. The predicted octanol–water partition coefficient (Wildman–Crippen LogP) is 7.60. The summed E-state index contributed by atoms with van der Waals surface area (Å²) < 4.78 is 70.6. The van der Waals surface area contributed by atoms with Crippen LogP contribution in [-0.4, -0.2) is 180 Å². The summed E-state index contributed by atoms with van der Waals surface area (Å²) in [5.74, 6) is 2.98. The maximum Gasteiger partial charge on any atom is 0.261 e. The van der Waals surface area contributed by atoms with E-state index in [1.807, 2.05) is 36.4 Å². The number of nitrogens with two attached hydrogens (primary N) is 1. The number of hydrogen-bond acceptors (Lipinski definition) is 20. The van der Waals surface area contributed by atoms with Crippen molar-refractivity contribution in [1.82, 2.24) is 44.6 Å². The SMILES string of the molecule is Clc1nccc(NCCCN2CCOCC2)n1.Clc1nccc(NCCCN2CCOCC2)n1.Nc1cccc(S(=O)(=O)Nc2ccccc2)c1.O=S(=O)(Nc1ccccc1)c1cccc(Cc2nccc(NCCCN3CCOCC3)n2)c1. The van der Waals surface area contributed by atoms with E-state index in [0.717, 1.165) is 160 Å². The van der Waals surface area contributed by atoms with E-state index in [9.17, 15) is 16.8 Å². The van der Waals surface area contributed by atoms with E-state index >= 15 is 0 Å². The Morgan fingerprint density at radius 3 is 1.27 bits per heavy atom. The number of sulfonamides is 2. The van der Waals surface area contributed by atoms with E-state index in [1.165, 1.54) is 12.1 Å². The number of benzene rings is 4. The summed E-state index contributed by atoms with van der Waals surface area (Å²) in [7, 11) is -7.24. The molecule has 3 fully saturated rings. The van der Waals surface area contributed by atoms with Gasteiger partial charge in [0.25, 0.3) is 20.0 Å². The van der Waals surface area contributed by atoms with Gasteiger partial charge in [-0.05, 0) is 140 Å².